The molecule has 0 unspecified atom stereocenters. The van der Waals surface area contributed by atoms with Gasteiger partial charge in [0, 0.05) is 28.6 Å². The van der Waals surface area contributed by atoms with Gasteiger partial charge in [-0.1, -0.05) is 24.3 Å². The van der Waals surface area contributed by atoms with E-state index in [-0.39, 0.29) is 12.5 Å². The molecule has 31 heavy (non-hydrogen) atoms. The van der Waals surface area contributed by atoms with Crippen LogP contribution in [0.4, 0.5) is 5.69 Å². The lowest BCUT2D eigenvalue weighted by atomic mass is 10.1. The first kappa shape index (κ1) is 20.0. The van der Waals surface area contributed by atoms with Crippen LogP contribution in [0.5, 0.6) is 11.5 Å². The number of benzene rings is 3. The van der Waals surface area contributed by atoms with E-state index < -0.39 is 5.91 Å². The molecule has 0 aliphatic heterocycles. The lowest BCUT2D eigenvalue weighted by molar-refractivity contribution is -0.120. The first-order chi connectivity index (χ1) is 15.0. The lowest BCUT2D eigenvalue weighted by Gasteiger charge is -2.10. The number of nitrogens with one attached hydrogen (secondary N) is 1. The third-order valence-corrected chi connectivity index (χ3v) is 4.63. The Bertz CT molecular complexity index is 1310. The van der Waals surface area contributed by atoms with Gasteiger partial charge in [-0.15, -0.1) is 0 Å². The van der Waals surface area contributed by atoms with Crippen LogP contribution in [0.2, 0.25) is 0 Å². The number of rotatable bonds is 7. The molecule has 156 valence electrons. The molecule has 1 aromatic heterocycles. The van der Waals surface area contributed by atoms with Gasteiger partial charge in [-0.2, -0.15) is 0 Å². The summed E-state index contributed by atoms with van der Waals surface area (Å²) in [7, 11) is 1.49. The molecule has 7 nitrogen and oxygen atoms in total. The number of amides is 2. The molecule has 0 bridgehead atoms. The Labute approximate surface area is 178 Å². The van der Waals surface area contributed by atoms with Gasteiger partial charge in [-0.25, -0.2) is 0 Å². The molecule has 0 saturated carbocycles. The fourth-order valence-corrected chi connectivity index (χ4v) is 3.22. The average Bonchev–Trinajstić information content (AvgIpc) is 3.14. The molecule has 3 N–H and O–H groups in total. The predicted octanol–water partition coefficient (Wildman–Crippen LogP) is 4.11. The highest BCUT2D eigenvalue weighted by molar-refractivity contribution is 6.07. The Morgan fingerprint density at radius 2 is 1.81 bits per heavy atom. The maximum absolute atomic E-state index is 12.4. The number of hydrogen-bond acceptors (Lipinski definition) is 5. The van der Waals surface area contributed by atoms with Crippen molar-refractivity contribution in [2.24, 2.45) is 5.73 Å². The highest BCUT2D eigenvalue weighted by atomic mass is 16.5. The van der Waals surface area contributed by atoms with E-state index in [1.807, 2.05) is 36.4 Å². The fraction of sp³-hybridized carbons (Fsp3) is 0.0833. The summed E-state index contributed by atoms with van der Waals surface area (Å²) in [4.78, 5) is 23.2. The van der Waals surface area contributed by atoms with Crippen LogP contribution in [0.3, 0.4) is 0 Å². The van der Waals surface area contributed by atoms with E-state index in [9.17, 15) is 9.59 Å². The third kappa shape index (κ3) is 4.51. The number of carbonyl (C=O) groups excluding carboxylic acids is 2. The van der Waals surface area contributed by atoms with Crippen LogP contribution in [0.1, 0.15) is 5.56 Å². The fourth-order valence-electron chi connectivity index (χ4n) is 3.22. The van der Waals surface area contributed by atoms with Gasteiger partial charge in [-0.3, -0.25) is 9.59 Å². The van der Waals surface area contributed by atoms with E-state index in [2.05, 4.69) is 5.32 Å². The summed E-state index contributed by atoms with van der Waals surface area (Å²) in [6.07, 6.45) is 3.07. The van der Waals surface area contributed by atoms with Crippen molar-refractivity contribution in [2.75, 3.05) is 19.0 Å². The Morgan fingerprint density at radius 3 is 2.61 bits per heavy atom. The second-order valence-electron chi connectivity index (χ2n) is 6.80. The highest BCUT2D eigenvalue weighted by Crippen LogP contribution is 2.31. The molecular weight excluding hydrogens is 396 g/mol. The van der Waals surface area contributed by atoms with E-state index in [1.54, 1.807) is 30.3 Å². The Balaban J connectivity index is 1.46. The second kappa shape index (κ2) is 8.62. The molecule has 0 fully saturated rings. The van der Waals surface area contributed by atoms with E-state index in [1.165, 1.54) is 13.2 Å². The van der Waals surface area contributed by atoms with E-state index in [4.69, 9.17) is 19.6 Å². The van der Waals surface area contributed by atoms with Gasteiger partial charge < -0.3 is 24.9 Å². The summed E-state index contributed by atoms with van der Waals surface area (Å²) < 4.78 is 16.4. The minimum absolute atomic E-state index is 0.247. The molecule has 0 spiro atoms. The second-order valence-corrected chi connectivity index (χ2v) is 6.80. The monoisotopic (exact) mass is 416 g/mol. The highest BCUT2D eigenvalue weighted by Gasteiger charge is 2.09. The standard InChI is InChI=1S/C24H20N2O5/c1-29-22-12-15(6-10-20(22)30-14-23(25)27)7-11-24(28)26-16-8-9-18-17-4-2-3-5-19(17)31-21(18)13-16/h2-13H,14H2,1H3,(H2,25,27)(H,26,28). The van der Waals surface area contributed by atoms with E-state index in [0.29, 0.717) is 22.8 Å². The van der Waals surface area contributed by atoms with Crippen LogP contribution < -0.4 is 20.5 Å². The van der Waals surface area contributed by atoms with Crippen molar-refractivity contribution in [3.8, 4) is 11.5 Å². The minimum atomic E-state index is -0.580. The van der Waals surface area contributed by atoms with E-state index >= 15 is 0 Å². The molecule has 7 heteroatoms. The zero-order chi connectivity index (χ0) is 21.8. The van der Waals surface area contributed by atoms with Gasteiger partial charge in [0.2, 0.25) is 5.91 Å². The summed E-state index contributed by atoms with van der Waals surface area (Å²) in [5.41, 5.74) is 7.96. The van der Waals surface area contributed by atoms with Crippen LogP contribution in [0.25, 0.3) is 28.0 Å². The van der Waals surface area contributed by atoms with Crippen molar-refractivity contribution < 1.29 is 23.5 Å². The maximum atomic E-state index is 12.4. The molecule has 2 amide bonds. The van der Waals surface area contributed by atoms with Crippen molar-refractivity contribution in [1.82, 2.24) is 0 Å². The maximum Gasteiger partial charge on any atom is 0.255 e. The predicted molar refractivity (Wildman–Crippen MR) is 119 cm³/mol. The molecule has 0 atom stereocenters. The van der Waals surface area contributed by atoms with Gasteiger partial charge in [-0.05, 0) is 42.0 Å². The number of methoxy groups -OCH3 is 1. The van der Waals surface area contributed by atoms with Crippen LogP contribution in [0, 0.1) is 0 Å². The summed E-state index contributed by atoms with van der Waals surface area (Å²) in [5.74, 6) is -0.0480. The number of nitrogens with two attached hydrogens (primary N) is 1. The summed E-state index contributed by atoms with van der Waals surface area (Å²) in [5, 5.41) is 4.86. The van der Waals surface area contributed by atoms with Crippen LogP contribution in [-0.4, -0.2) is 25.5 Å². The number of primary amides is 1. The molecule has 0 saturated heterocycles. The van der Waals surface area contributed by atoms with Crippen LogP contribution in [-0.2, 0) is 9.59 Å². The zero-order valence-electron chi connectivity index (χ0n) is 16.8. The number of para-hydroxylation sites is 1. The van der Waals surface area contributed by atoms with Crippen molar-refractivity contribution in [2.45, 2.75) is 0 Å². The minimum Gasteiger partial charge on any atom is -0.493 e. The Morgan fingerprint density at radius 1 is 1.00 bits per heavy atom. The van der Waals surface area contributed by atoms with Gasteiger partial charge in [0.1, 0.15) is 11.2 Å². The average molecular weight is 416 g/mol. The molecule has 0 radical (unpaired) electrons. The molecule has 0 aliphatic rings. The van der Waals surface area contributed by atoms with E-state index in [0.717, 1.165) is 21.9 Å². The summed E-state index contributed by atoms with van der Waals surface area (Å²) in [6.45, 7) is -0.247. The first-order valence-corrected chi connectivity index (χ1v) is 9.53. The number of anilines is 1. The normalized spacial score (nSPS) is 11.1. The number of carbonyl (C=O) groups is 2. The molecule has 0 aliphatic carbocycles. The Kier molecular flexibility index (Phi) is 5.57. The number of furan rings is 1. The van der Waals surface area contributed by atoms with Gasteiger partial charge >= 0.3 is 0 Å². The SMILES string of the molecule is COc1cc(C=CC(=O)Nc2ccc3c(c2)oc2ccccc23)ccc1OCC(N)=O. The molecule has 3 aromatic carbocycles. The van der Waals surface area contributed by atoms with Crippen molar-refractivity contribution in [3.05, 3.63) is 72.3 Å². The van der Waals surface area contributed by atoms with Crippen LogP contribution >= 0.6 is 0 Å². The third-order valence-electron chi connectivity index (χ3n) is 4.63. The smallest absolute Gasteiger partial charge is 0.255 e. The van der Waals surface area contributed by atoms with Gasteiger partial charge in [0.25, 0.3) is 5.91 Å². The van der Waals surface area contributed by atoms with Crippen LogP contribution in [0.15, 0.2) is 71.2 Å². The number of hydrogen-bond donors (Lipinski definition) is 2. The molecule has 1 heterocycles. The molecule has 4 aromatic rings. The quantitative estimate of drug-likeness (QED) is 0.441. The van der Waals surface area contributed by atoms with Crippen molar-refractivity contribution in [1.29, 1.82) is 0 Å². The van der Waals surface area contributed by atoms with Crippen molar-refractivity contribution in [3.63, 3.8) is 0 Å². The first-order valence-electron chi connectivity index (χ1n) is 9.53. The number of ether oxygens (including phenoxy) is 2. The zero-order valence-corrected chi connectivity index (χ0v) is 16.8. The Hall–Kier alpha value is -4.26. The van der Waals surface area contributed by atoms with Gasteiger partial charge in [0.15, 0.2) is 18.1 Å². The summed E-state index contributed by atoms with van der Waals surface area (Å²) >= 11 is 0. The molecular formula is C24H20N2O5. The summed E-state index contributed by atoms with van der Waals surface area (Å²) in [6, 6.07) is 18.4. The largest absolute Gasteiger partial charge is 0.493 e. The topological polar surface area (TPSA) is 104 Å². The number of fused-ring (bicyclic) bond motifs is 3. The van der Waals surface area contributed by atoms with Crippen molar-refractivity contribution >= 4 is 45.5 Å². The molecule has 4 rings (SSSR count). The van der Waals surface area contributed by atoms with Gasteiger partial charge in [0.05, 0.1) is 7.11 Å². The lowest BCUT2D eigenvalue weighted by Crippen LogP contribution is -2.20.